The minimum absolute atomic E-state index is 0.201. The molecule has 17 heavy (non-hydrogen) atoms. The second kappa shape index (κ2) is 7.22. The molecule has 0 amide bonds. The summed E-state index contributed by atoms with van der Waals surface area (Å²) >= 11 is 12.0. The van der Waals surface area contributed by atoms with Crippen LogP contribution in [0.1, 0.15) is 31.9 Å². The third kappa shape index (κ3) is 4.84. The molecule has 0 aliphatic carbocycles. The molecule has 2 nitrogen and oxygen atoms in total. The van der Waals surface area contributed by atoms with Crippen LogP contribution >= 0.6 is 23.2 Å². The molecule has 0 aliphatic rings. The molecule has 1 rings (SSSR count). The zero-order chi connectivity index (χ0) is 12.8. The van der Waals surface area contributed by atoms with Crippen LogP contribution in [0.3, 0.4) is 0 Å². The van der Waals surface area contributed by atoms with Gasteiger partial charge in [-0.05, 0) is 38.0 Å². The molecule has 0 fully saturated rings. The van der Waals surface area contributed by atoms with E-state index in [0.29, 0.717) is 16.1 Å². The molecule has 0 spiro atoms. The molecule has 0 saturated carbocycles. The van der Waals surface area contributed by atoms with E-state index in [-0.39, 0.29) is 6.04 Å². The molecule has 0 aliphatic heterocycles. The number of hydrogen-bond donors (Lipinski definition) is 1. The largest absolute Gasteiger partial charge is 0.385 e. The van der Waals surface area contributed by atoms with E-state index in [9.17, 15) is 0 Å². The molecule has 2 atom stereocenters. The van der Waals surface area contributed by atoms with E-state index >= 15 is 0 Å². The van der Waals surface area contributed by atoms with Gasteiger partial charge in [0.15, 0.2) is 0 Å². The summed E-state index contributed by atoms with van der Waals surface area (Å²) in [6, 6.07) is 6.19. The highest BCUT2D eigenvalue weighted by Gasteiger charge is 2.12. The third-order valence-electron chi connectivity index (χ3n) is 2.72. The van der Waals surface area contributed by atoms with Crippen LogP contribution in [0.15, 0.2) is 18.2 Å². The number of nitrogens with one attached hydrogen (secondary N) is 1. The van der Waals surface area contributed by atoms with Gasteiger partial charge in [0.05, 0.1) is 0 Å². The zero-order valence-corrected chi connectivity index (χ0v) is 12.0. The van der Waals surface area contributed by atoms with E-state index in [4.69, 9.17) is 27.9 Å². The van der Waals surface area contributed by atoms with Crippen molar-refractivity contribution in [1.82, 2.24) is 5.32 Å². The Morgan fingerprint density at radius 1 is 1.29 bits per heavy atom. The van der Waals surface area contributed by atoms with Crippen molar-refractivity contribution < 1.29 is 4.74 Å². The summed E-state index contributed by atoms with van der Waals surface area (Å²) in [6.45, 7) is 4.99. The first kappa shape index (κ1) is 14.8. The standard InChI is InChI=1S/C13H19Cl2NO/c1-9(6-7-17-3)16-10(2)12-5-4-11(14)8-13(12)15/h4-5,8-10,16H,6-7H2,1-3H3. The Hall–Kier alpha value is -0.280. The normalized spacial score (nSPS) is 14.6. The van der Waals surface area contributed by atoms with Gasteiger partial charge >= 0.3 is 0 Å². The molecule has 96 valence electrons. The first-order valence-corrected chi connectivity index (χ1v) is 6.50. The summed E-state index contributed by atoms with van der Waals surface area (Å²) < 4.78 is 5.06. The Morgan fingerprint density at radius 3 is 2.59 bits per heavy atom. The maximum absolute atomic E-state index is 6.16. The van der Waals surface area contributed by atoms with Crippen molar-refractivity contribution >= 4 is 23.2 Å². The van der Waals surface area contributed by atoms with Crippen LogP contribution in [0.5, 0.6) is 0 Å². The molecule has 0 heterocycles. The lowest BCUT2D eigenvalue weighted by atomic mass is 10.1. The van der Waals surface area contributed by atoms with Crippen molar-refractivity contribution in [1.29, 1.82) is 0 Å². The molecule has 1 aromatic rings. The number of methoxy groups -OCH3 is 1. The number of hydrogen-bond acceptors (Lipinski definition) is 2. The van der Waals surface area contributed by atoms with Gasteiger partial charge in [-0.25, -0.2) is 0 Å². The fraction of sp³-hybridized carbons (Fsp3) is 0.538. The van der Waals surface area contributed by atoms with Crippen LogP contribution in [0.4, 0.5) is 0 Å². The summed E-state index contributed by atoms with van der Waals surface area (Å²) in [7, 11) is 1.71. The minimum Gasteiger partial charge on any atom is -0.385 e. The minimum atomic E-state index is 0.201. The van der Waals surface area contributed by atoms with Gasteiger partial charge in [0.1, 0.15) is 0 Å². The van der Waals surface area contributed by atoms with Gasteiger partial charge in [-0.2, -0.15) is 0 Å². The fourth-order valence-corrected chi connectivity index (χ4v) is 2.32. The van der Waals surface area contributed by atoms with Crippen LogP contribution < -0.4 is 5.32 Å². The maximum atomic E-state index is 6.16. The van der Waals surface area contributed by atoms with Crippen LogP contribution in [0.2, 0.25) is 10.0 Å². The third-order valence-corrected chi connectivity index (χ3v) is 3.28. The summed E-state index contributed by atoms with van der Waals surface area (Å²) in [4.78, 5) is 0. The van der Waals surface area contributed by atoms with Gasteiger partial charge in [-0.15, -0.1) is 0 Å². The number of rotatable bonds is 6. The van der Waals surface area contributed by atoms with E-state index in [2.05, 4.69) is 19.2 Å². The number of halogens is 2. The quantitative estimate of drug-likeness (QED) is 0.845. The number of ether oxygens (including phenoxy) is 1. The van der Waals surface area contributed by atoms with Crippen molar-refractivity contribution in [2.24, 2.45) is 0 Å². The van der Waals surface area contributed by atoms with E-state index in [1.807, 2.05) is 12.1 Å². The highest BCUT2D eigenvalue weighted by atomic mass is 35.5. The fourth-order valence-electron chi connectivity index (χ4n) is 1.75. The van der Waals surface area contributed by atoms with Gasteiger partial charge in [0, 0.05) is 35.8 Å². The lowest BCUT2D eigenvalue weighted by Crippen LogP contribution is -2.30. The zero-order valence-electron chi connectivity index (χ0n) is 10.5. The average Bonchev–Trinajstić information content (AvgIpc) is 2.26. The molecule has 0 aromatic heterocycles. The predicted octanol–water partition coefficient (Wildman–Crippen LogP) is 4.07. The van der Waals surface area contributed by atoms with E-state index in [1.165, 1.54) is 0 Å². The van der Waals surface area contributed by atoms with E-state index in [1.54, 1.807) is 13.2 Å². The molecule has 0 radical (unpaired) electrons. The Kier molecular flexibility index (Phi) is 6.28. The van der Waals surface area contributed by atoms with Crippen LogP contribution in [0.25, 0.3) is 0 Å². The van der Waals surface area contributed by atoms with Crippen molar-refractivity contribution in [2.75, 3.05) is 13.7 Å². The van der Waals surface area contributed by atoms with Gasteiger partial charge in [0.2, 0.25) is 0 Å². The van der Waals surface area contributed by atoms with Crippen molar-refractivity contribution in [2.45, 2.75) is 32.4 Å². The summed E-state index contributed by atoms with van der Waals surface area (Å²) in [5.74, 6) is 0. The maximum Gasteiger partial charge on any atom is 0.0476 e. The molecule has 0 bridgehead atoms. The second-order valence-corrected chi connectivity index (χ2v) is 5.08. The second-order valence-electron chi connectivity index (χ2n) is 4.24. The summed E-state index contributed by atoms with van der Waals surface area (Å²) in [5.41, 5.74) is 1.07. The molecular formula is C13H19Cl2NO. The molecule has 2 unspecified atom stereocenters. The first-order chi connectivity index (χ1) is 8.04. The smallest absolute Gasteiger partial charge is 0.0476 e. The monoisotopic (exact) mass is 275 g/mol. The van der Waals surface area contributed by atoms with Crippen molar-refractivity contribution in [3.05, 3.63) is 33.8 Å². The molecular weight excluding hydrogens is 257 g/mol. The molecule has 4 heteroatoms. The topological polar surface area (TPSA) is 21.3 Å². The molecule has 1 N–H and O–H groups in total. The predicted molar refractivity (Wildman–Crippen MR) is 74.0 cm³/mol. The van der Waals surface area contributed by atoms with Crippen LogP contribution in [0, 0.1) is 0 Å². The highest BCUT2D eigenvalue weighted by Crippen LogP contribution is 2.26. The Morgan fingerprint density at radius 2 is 2.00 bits per heavy atom. The Labute approximate surface area is 113 Å². The SMILES string of the molecule is COCCC(C)NC(C)c1ccc(Cl)cc1Cl. The van der Waals surface area contributed by atoms with Crippen LogP contribution in [-0.4, -0.2) is 19.8 Å². The van der Waals surface area contributed by atoms with Gasteiger partial charge in [-0.1, -0.05) is 29.3 Å². The summed E-state index contributed by atoms with van der Waals surface area (Å²) in [5, 5.41) is 4.85. The molecule has 1 aromatic carbocycles. The van der Waals surface area contributed by atoms with Gasteiger partial charge in [0.25, 0.3) is 0 Å². The van der Waals surface area contributed by atoms with Crippen molar-refractivity contribution in [3.63, 3.8) is 0 Å². The summed E-state index contributed by atoms with van der Waals surface area (Å²) in [6.07, 6.45) is 0.978. The molecule has 0 saturated heterocycles. The first-order valence-electron chi connectivity index (χ1n) is 5.74. The lowest BCUT2D eigenvalue weighted by molar-refractivity contribution is 0.183. The highest BCUT2D eigenvalue weighted by molar-refractivity contribution is 6.35. The Bertz CT molecular complexity index is 357. The van der Waals surface area contributed by atoms with E-state index in [0.717, 1.165) is 18.6 Å². The van der Waals surface area contributed by atoms with Gasteiger partial charge in [-0.3, -0.25) is 0 Å². The van der Waals surface area contributed by atoms with Crippen LogP contribution in [-0.2, 0) is 4.74 Å². The van der Waals surface area contributed by atoms with Crippen molar-refractivity contribution in [3.8, 4) is 0 Å². The van der Waals surface area contributed by atoms with E-state index < -0.39 is 0 Å². The Balaban J connectivity index is 2.60. The average molecular weight is 276 g/mol. The van der Waals surface area contributed by atoms with Gasteiger partial charge < -0.3 is 10.1 Å². The lowest BCUT2D eigenvalue weighted by Gasteiger charge is -2.21. The number of benzene rings is 1.